The molecule has 0 unspecified atom stereocenters. The van der Waals surface area contributed by atoms with Crippen LogP contribution in [-0.4, -0.2) is 49.7 Å². The van der Waals surface area contributed by atoms with Crippen LogP contribution in [-0.2, 0) is 6.42 Å². The molecule has 5 heterocycles. The molecule has 0 bridgehead atoms. The highest BCUT2D eigenvalue weighted by Gasteiger charge is 2.17. The summed E-state index contributed by atoms with van der Waals surface area (Å²) in [7, 11) is 0. The van der Waals surface area contributed by atoms with Crippen molar-refractivity contribution in [1.29, 1.82) is 0 Å². The number of hydrogen-bond donors (Lipinski definition) is 1. The molecular weight excluding hydrogens is 378 g/mol. The minimum atomic E-state index is -0.109. The second-order valence-electron chi connectivity index (χ2n) is 7.94. The van der Waals surface area contributed by atoms with E-state index in [0.717, 1.165) is 48.6 Å². The summed E-state index contributed by atoms with van der Waals surface area (Å²) < 4.78 is 3.44. The number of nitrogens with zero attached hydrogens (tertiary/aromatic N) is 6. The van der Waals surface area contributed by atoms with Crippen LogP contribution in [0, 0.1) is 6.92 Å². The molecule has 1 aliphatic heterocycles. The average Bonchev–Trinajstić information content (AvgIpc) is 3.17. The highest BCUT2D eigenvalue weighted by atomic mass is 16.1. The Morgan fingerprint density at radius 2 is 2.03 bits per heavy atom. The fraction of sp³-hybridized carbons (Fsp3) is 0.364. The topological polar surface area (TPSA) is 79.8 Å². The van der Waals surface area contributed by atoms with Crippen molar-refractivity contribution in [1.82, 2.24) is 29.3 Å². The number of anilines is 1. The number of aryl methyl sites for hydroxylation is 2. The third-order valence-electron chi connectivity index (χ3n) is 5.63. The maximum atomic E-state index is 12.9. The minimum Gasteiger partial charge on any atom is -0.368 e. The maximum absolute atomic E-state index is 12.9. The third kappa shape index (κ3) is 3.23. The van der Waals surface area contributed by atoms with Gasteiger partial charge in [0.1, 0.15) is 11.3 Å². The molecule has 1 saturated heterocycles. The summed E-state index contributed by atoms with van der Waals surface area (Å²) in [6, 6.07) is 7.89. The molecular formula is C22H25N7O. The van der Waals surface area contributed by atoms with Gasteiger partial charge in [0.15, 0.2) is 0 Å². The molecule has 0 spiro atoms. The van der Waals surface area contributed by atoms with Crippen LogP contribution in [0.2, 0.25) is 0 Å². The lowest BCUT2D eigenvalue weighted by Crippen LogP contribution is -2.49. The van der Waals surface area contributed by atoms with Gasteiger partial charge >= 0.3 is 0 Å². The van der Waals surface area contributed by atoms with Crippen molar-refractivity contribution in [3.8, 4) is 11.4 Å². The normalized spacial score (nSPS) is 17.2. The fourth-order valence-corrected chi connectivity index (χ4v) is 4.15. The largest absolute Gasteiger partial charge is 0.368 e. The smallest absolute Gasteiger partial charge is 0.258 e. The number of nitrogens with one attached hydrogen (secondary N) is 1. The van der Waals surface area contributed by atoms with Crippen molar-refractivity contribution < 1.29 is 0 Å². The van der Waals surface area contributed by atoms with Crippen LogP contribution in [0.15, 0.2) is 41.5 Å². The Balaban J connectivity index is 1.57. The summed E-state index contributed by atoms with van der Waals surface area (Å²) in [6.45, 7) is 8.98. The van der Waals surface area contributed by atoms with Gasteiger partial charge in [-0.05, 0) is 38.5 Å². The molecule has 1 N–H and O–H groups in total. The monoisotopic (exact) mass is 403 g/mol. The molecule has 0 aromatic carbocycles. The predicted octanol–water partition coefficient (Wildman–Crippen LogP) is 2.07. The molecule has 0 amide bonds. The van der Waals surface area contributed by atoms with E-state index in [1.165, 1.54) is 0 Å². The molecule has 1 aliphatic rings. The molecule has 154 valence electrons. The summed E-state index contributed by atoms with van der Waals surface area (Å²) in [6.07, 6.45) is 4.60. The predicted molar refractivity (Wildman–Crippen MR) is 117 cm³/mol. The number of pyridine rings is 1. The molecule has 0 saturated carbocycles. The Kier molecular flexibility index (Phi) is 4.51. The van der Waals surface area contributed by atoms with Crippen LogP contribution in [0.3, 0.4) is 0 Å². The van der Waals surface area contributed by atoms with Gasteiger partial charge < -0.3 is 10.2 Å². The molecule has 1 atom stereocenters. The second kappa shape index (κ2) is 7.21. The lowest BCUT2D eigenvalue weighted by molar-refractivity contribution is 0.484. The van der Waals surface area contributed by atoms with E-state index in [2.05, 4.69) is 34.1 Å². The van der Waals surface area contributed by atoms with Crippen LogP contribution in [0.1, 0.15) is 25.2 Å². The van der Waals surface area contributed by atoms with Gasteiger partial charge in [-0.3, -0.25) is 14.2 Å². The zero-order valence-electron chi connectivity index (χ0n) is 17.5. The molecule has 8 heteroatoms. The van der Waals surface area contributed by atoms with Gasteiger partial charge in [-0.1, -0.05) is 6.92 Å². The minimum absolute atomic E-state index is 0.109. The molecule has 0 aliphatic carbocycles. The third-order valence-corrected chi connectivity index (χ3v) is 5.63. The Morgan fingerprint density at radius 1 is 1.17 bits per heavy atom. The molecule has 4 aromatic rings. The molecule has 5 rings (SSSR count). The van der Waals surface area contributed by atoms with Gasteiger partial charge in [0, 0.05) is 37.9 Å². The highest BCUT2D eigenvalue weighted by molar-refractivity contribution is 5.66. The number of hydrogen-bond acceptors (Lipinski definition) is 6. The van der Waals surface area contributed by atoms with Crippen LogP contribution < -0.4 is 15.8 Å². The van der Waals surface area contributed by atoms with Crippen LogP contribution in [0.4, 0.5) is 5.69 Å². The summed E-state index contributed by atoms with van der Waals surface area (Å²) in [5.74, 6) is 0. The van der Waals surface area contributed by atoms with E-state index in [1.807, 2.05) is 42.0 Å². The SMILES string of the molecule is CCc1nc(C)cn2nc(-c3cc(=O)n4cc(N5CCN[C@@H](C)C5)ccc4n3)cc12. The fourth-order valence-electron chi connectivity index (χ4n) is 4.15. The zero-order chi connectivity index (χ0) is 20.8. The summed E-state index contributed by atoms with van der Waals surface area (Å²) in [5.41, 5.74) is 5.64. The van der Waals surface area contributed by atoms with Crippen molar-refractivity contribution >= 4 is 16.9 Å². The van der Waals surface area contributed by atoms with Gasteiger partial charge in [0.2, 0.25) is 0 Å². The average molecular weight is 403 g/mol. The first kappa shape index (κ1) is 18.7. The first-order chi connectivity index (χ1) is 14.5. The van der Waals surface area contributed by atoms with Gasteiger partial charge in [-0.15, -0.1) is 0 Å². The molecule has 0 radical (unpaired) electrons. The van der Waals surface area contributed by atoms with Gasteiger partial charge in [-0.25, -0.2) is 9.50 Å². The Morgan fingerprint density at radius 3 is 2.83 bits per heavy atom. The van der Waals surface area contributed by atoms with E-state index in [-0.39, 0.29) is 5.56 Å². The quantitative estimate of drug-likeness (QED) is 0.564. The maximum Gasteiger partial charge on any atom is 0.258 e. The van der Waals surface area contributed by atoms with Crippen LogP contribution in [0.5, 0.6) is 0 Å². The van der Waals surface area contributed by atoms with Gasteiger partial charge in [0.05, 0.1) is 34.5 Å². The van der Waals surface area contributed by atoms with Gasteiger partial charge in [0.25, 0.3) is 5.56 Å². The first-order valence-corrected chi connectivity index (χ1v) is 10.4. The summed E-state index contributed by atoms with van der Waals surface area (Å²) >= 11 is 0. The summed E-state index contributed by atoms with van der Waals surface area (Å²) in [5, 5.41) is 8.09. The van der Waals surface area contributed by atoms with E-state index >= 15 is 0 Å². The van der Waals surface area contributed by atoms with Crippen molar-refractivity contribution in [2.24, 2.45) is 0 Å². The number of piperazine rings is 1. The number of rotatable bonds is 3. The van der Waals surface area contributed by atoms with Crippen molar-refractivity contribution in [3.05, 3.63) is 58.4 Å². The standard InChI is InChI=1S/C22H25N7O/c1-4-17-20-9-19(26-29(20)12-15(3)24-17)18-10-22(30)28-13-16(5-6-21(28)25-18)27-8-7-23-14(2)11-27/h5-6,9-10,12-14,23H,4,7-8,11H2,1-3H3/t14-/m0/s1. The lowest BCUT2D eigenvalue weighted by Gasteiger charge is -2.33. The molecule has 8 nitrogen and oxygen atoms in total. The van der Waals surface area contributed by atoms with E-state index < -0.39 is 0 Å². The zero-order valence-corrected chi connectivity index (χ0v) is 17.5. The van der Waals surface area contributed by atoms with Crippen molar-refractivity contribution in [2.75, 3.05) is 24.5 Å². The lowest BCUT2D eigenvalue weighted by atomic mass is 10.2. The van der Waals surface area contributed by atoms with Crippen LogP contribution in [0.25, 0.3) is 22.6 Å². The van der Waals surface area contributed by atoms with E-state index in [4.69, 9.17) is 4.98 Å². The molecule has 30 heavy (non-hydrogen) atoms. The van der Waals surface area contributed by atoms with E-state index in [0.29, 0.717) is 23.1 Å². The Hall–Kier alpha value is -3.26. The van der Waals surface area contributed by atoms with E-state index in [1.54, 1.807) is 10.5 Å². The van der Waals surface area contributed by atoms with Gasteiger partial charge in [-0.2, -0.15) is 5.10 Å². The molecule has 4 aromatic heterocycles. The first-order valence-electron chi connectivity index (χ1n) is 10.4. The van der Waals surface area contributed by atoms with E-state index in [9.17, 15) is 4.79 Å². The highest BCUT2D eigenvalue weighted by Crippen LogP contribution is 2.21. The van der Waals surface area contributed by atoms with Crippen LogP contribution >= 0.6 is 0 Å². The second-order valence-corrected chi connectivity index (χ2v) is 7.94. The van der Waals surface area contributed by atoms with Crippen molar-refractivity contribution in [2.45, 2.75) is 33.2 Å². The number of fused-ring (bicyclic) bond motifs is 2. The van der Waals surface area contributed by atoms with Crippen molar-refractivity contribution in [3.63, 3.8) is 0 Å². The molecule has 1 fully saturated rings. The number of aromatic nitrogens is 5. The Bertz CT molecular complexity index is 1310. The Labute approximate surface area is 174 Å². The summed E-state index contributed by atoms with van der Waals surface area (Å²) in [4.78, 5) is 24.5.